The molecule has 0 aliphatic heterocycles. The average molecular weight is 164 g/mol. The molecule has 5 N–H and O–H groups in total. The third-order valence-corrected chi connectivity index (χ3v) is 1.36. The van der Waals surface area contributed by atoms with E-state index in [4.69, 9.17) is 16.6 Å². The van der Waals surface area contributed by atoms with Crippen molar-refractivity contribution in [1.82, 2.24) is 0 Å². The molecule has 0 unspecified atom stereocenters. The van der Waals surface area contributed by atoms with Crippen LogP contribution in [-0.2, 0) is 4.79 Å². The predicted molar refractivity (Wildman–Crippen MR) is 38.8 cm³/mol. The van der Waals surface area contributed by atoms with Crippen LogP contribution in [0.2, 0.25) is 0 Å². The molecular formula is C6H13FN2O2. The second-order valence-corrected chi connectivity index (χ2v) is 2.36. The molecule has 0 spiro atoms. The Kier molecular flexibility index (Phi) is 4.72. The molecule has 66 valence electrons. The highest BCUT2D eigenvalue weighted by atomic mass is 19.1. The zero-order valence-corrected chi connectivity index (χ0v) is 6.16. The summed E-state index contributed by atoms with van der Waals surface area (Å²) in [7, 11) is 0. The summed E-state index contributed by atoms with van der Waals surface area (Å²) in [5.41, 5.74) is 10.1. The first-order valence-electron chi connectivity index (χ1n) is 3.40. The van der Waals surface area contributed by atoms with E-state index in [9.17, 15) is 9.18 Å². The van der Waals surface area contributed by atoms with Crippen LogP contribution in [0.3, 0.4) is 0 Å². The normalized spacial score (nSPS) is 15.9. The van der Waals surface area contributed by atoms with Gasteiger partial charge in [-0.25, -0.2) is 4.39 Å². The van der Waals surface area contributed by atoms with Crippen molar-refractivity contribution in [2.75, 3.05) is 6.54 Å². The molecule has 0 saturated heterocycles. The van der Waals surface area contributed by atoms with E-state index in [2.05, 4.69) is 0 Å². The minimum atomic E-state index is -1.14. The van der Waals surface area contributed by atoms with E-state index < -0.39 is 18.2 Å². The van der Waals surface area contributed by atoms with Gasteiger partial charge < -0.3 is 16.6 Å². The van der Waals surface area contributed by atoms with Gasteiger partial charge in [0.1, 0.15) is 12.2 Å². The van der Waals surface area contributed by atoms with E-state index in [0.29, 0.717) is 0 Å². The lowest BCUT2D eigenvalue weighted by Crippen LogP contribution is -2.31. The Morgan fingerprint density at radius 3 is 2.45 bits per heavy atom. The van der Waals surface area contributed by atoms with E-state index in [0.717, 1.165) is 0 Å². The Bertz CT molecular complexity index is 132. The highest BCUT2D eigenvalue weighted by Gasteiger charge is 2.13. The molecule has 0 saturated carbocycles. The molecule has 0 aromatic heterocycles. The first-order chi connectivity index (χ1) is 5.07. The lowest BCUT2D eigenvalue weighted by molar-refractivity contribution is -0.138. The second kappa shape index (κ2) is 5.03. The second-order valence-electron chi connectivity index (χ2n) is 2.36. The van der Waals surface area contributed by atoms with E-state index in [-0.39, 0.29) is 19.4 Å². The standard InChI is InChI=1S/C6H13FN2O2/c7-4(3-8)1-2-5(9)6(10)11/h4-5H,1-3,8-9H2,(H,10,11)/t4-,5+/m0/s1. The van der Waals surface area contributed by atoms with Gasteiger partial charge in [-0.2, -0.15) is 0 Å². The van der Waals surface area contributed by atoms with Crippen molar-refractivity contribution in [2.45, 2.75) is 25.1 Å². The van der Waals surface area contributed by atoms with Crippen LogP contribution < -0.4 is 11.5 Å². The SMILES string of the molecule is NC[C@@H](F)CC[C@@H](N)C(=O)O. The van der Waals surface area contributed by atoms with Gasteiger partial charge in [-0.3, -0.25) is 4.79 Å². The Morgan fingerprint density at radius 2 is 2.09 bits per heavy atom. The fraction of sp³-hybridized carbons (Fsp3) is 0.833. The number of carboxylic acids is 1. The lowest BCUT2D eigenvalue weighted by Gasteiger charge is -2.07. The molecule has 0 aromatic rings. The summed E-state index contributed by atoms with van der Waals surface area (Å²) in [6, 6.07) is -0.972. The van der Waals surface area contributed by atoms with Gasteiger partial charge in [0, 0.05) is 6.54 Å². The summed E-state index contributed by atoms with van der Waals surface area (Å²) >= 11 is 0. The topological polar surface area (TPSA) is 89.3 Å². The summed E-state index contributed by atoms with van der Waals surface area (Å²) in [6.45, 7) is -0.0770. The number of halogens is 1. The molecule has 4 nitrogen and oxygen atoms in total. The Morgan fingerprint density at radius 1 is 1.55 bits per heavy atom. The molecule has 0 radical (unpaired) electrons. The van der Waals surface area contributed by atoms with E-state index >= 15 is 0 Å². The van der Waals surface area contributed by atoms with Gasteiger partial charge in [-0.05, 0) is 12.8 Å². The molecule has 0 bridgehead atoms. The first kappa shape index (κ1) is 10.3. The maximum Gasteiger partial charge on any atom is 0.320 e. The van der Waals surface area contributed by atoms with Crippen molar-refractivity contribution < 1.29 is 14.3 Å². The Hall–Kier alpha value is -0.680. The van der Waals surface area contributed by atoms with E-state index in [1.165, 1.54) is 0 Å². The van der Waals surface area contributed by atoms with Crippen molar-refractivity contribution in [3.63, 3.8) is 0 Å². The van der Waals surface area contributed by atoms with Gasteiger partial charge in [0.25, 0.3) is 0 Å². The van der Waals surface area contributed by atoms with Crippen molar-refractivity contribution >= 4 is 5.97 Å². The minimum Gasteiger partial charge on any atom is -0.480 e. The van der Waals surface area contributed by atoms with Crippen LogP contribution in [0.5, 0.6) is 0 Å². The first-order valence-corrected chi connectivity index (χ1v) is 3.40. The molecule has 0 aromatic carbocycles. The predicted octanol–water partition coefficient (Wildman–Crippen LogP) is -0.525. The molecule has 0 fully saturated rings. The fourth-order valence-electron chi connectivity index (χ4n) is 0.602. The Balaban J connectivity index is 3.45. The van der Waals surface area contributed by atoms with Gasteiger partial charge in [0.05, 0.1) is 0 Å². The number of nitrogens with two attached hydrogens (primary N) is 2. The number of aliphatic carboxylic acids is 1. The van der Waals surface area contributed by atoms with Gasteiger partial charge >= 0.3 is 5.97 Å². The minimum absolute atomic E-state index is 0.0770. The smallest absolute Gasteiger partial charge is 0.320 e. The quantitative estimate of drug-likeness (QED) is 0.509. The van der Waals surface area contributed by atoms with Crippen LogP contribution >= 0.6 is 0 Å². The van der Waals surface area contributed by atoms with Gasteiger partial charge in [-0.15, -0.1) is 0 Å². The zero-order valence-electron chi connectivity index (χ0n) is 6.16. The number of hydrogen-bond acceptors (Lipinski definition) is 3. The molecule has 0 rings (SSSR count). The van der Waals surface area contributed by atoms with Gasteiger partial charge in [0.2, 0.25) is 0 Å². The lowest BCUT2D eigenvalue weighted by atomic mass is 10.1. The maximum absolute atomic E-state index is 12.4. The summed E-state index contributed by atoms with van der Waals surface area (Å²) in [5, 5.41) is 8.29. The van der Waals surface area contributed by atoms with Crippen LogP contribution in [0.4, 0.5) is 4.39 Å². The highest BCUT2D eigenvalue weighted by molar-refractivity contribution is 5.72. The van der Waals surface area contributed by atoms with Crippen molar-refractivity contribution in [3.8, 4) is 0 Å². The number of carboxylic acid groups (broad SMARTS) is 1. The average Bonchev–Trinajstić information content (AvgIpc) is 1.99. The number of hydrogen-bond donors (Lipinski definition) is 3. The molecule has 0 aliphatic carbocycles. The molecule has 0 heterocycles. The molecule has 2 atom stereocenters. The monoisotopic (exact) mass is 164 g/mol. The number of carbonyl (C=O) groups is 1. The Labute approximate surface area is 64.4 Å². The van der Waals surface area contributed by atoms with Crippen LogP contribution in [0.15, 0.2) is 0 Å². The van der Waals surface area contributed by atoms with Crippen LogP contribution in [0.1, 0.15) is 12.8 Å². The van der Waals surface area contributed by atoms with Crippen LogP contribution in [0, 0.1) is 0 Å². The number of alkyl halides is 1. The molecule has 5 heteroatoms. The van der Waals surface area contributed by atoms with Crippen LogP contribution in [0.25, 0.3) is 0 Å². The van der Waals surface area contributed by atoms with Gasteiger partial charge in [-0.1, -0.05) is 0 Å². The maximum atomic E-state index is 12.4. The van der Waals surface area contributed by atoms with Crippen LogP contribution in [-0.4, -0.2) is 29.8 Å². The van der Waals surface area contributed by atoms with Crippen molar-refractivity contribution in [3.05, 3.63) is 0 Å². The molecule has 0 aliphatic rings. The number of rotatable bonds is 5. The fourth-order valence-corrected chi connectivity index (χ4v) is 0.602. The van der Waals surface area contributed by atoms with E-state index in [1.807, 2.05) is 0 Å². The summed E-state index contributed by atoms with van der Waals surface area (Å²) in [6.07, 6.45) is -0.891. The molecule has 11 heavy (non-hydrogen) atoms. The summed E-state index contributed by atoms with van der Waals surface area (Å²) < 4.78 is 12.4. The third-order valence-electron chi connectivity index (χ3n) is 1.36. The zero-order chi connectivity index (χ0) is 8.85. The highest BCUT2D eigenvalue weighted by Crippen LogP contribution is 2.02. The van der Waals surface area contributed by atoms with Gasteiger partial charge in [0.15, 0.2) is 0 Å². The molecular weight excluding hydrogens is 151 g/mol. The van der Waals surface area contributed by atoms with E-state index in [1.54, 1.807) is 0 Å². The summed E-state index contributed by atoms with van der Waals surface area (Å²) in [5.74, 6) is -1.10. The third kappa shape index (κ3) is 4.69. The molecule has 0 amide bonds. The summed E-state index contributed by atoms with van der Waals surface area (Å²) in [4.78, 5) is 10.1. The van der Waals surface area contributed by atoms with Crippen molar-refractivity contribution in [2.24, 2.45) is 11.5 Å². The van der Waals surface area contributed by atoms with Crippen molar-refractivity contribution in [1.29, 1.82) is 0 Å². The largest absolute Gasteiger partial charge is 0.480 e.